The summed E-state index contributed by atoms with van der Waals surface area (Å²) in [6.45, 7) is 2.80. The molecular formula is C29H36N2O7. The van der Waals surface area contributed by atoms with Crippen molar-refractivity contribution in [2.75, 3.05) is 47.2 Å². The van der Waals surface area contributed by atoms with Gasteiger partial charge >= 0.3 is 0 Å². The first-order valence-corrected chi connectivity index (χ1v) is 13.4. The Labute approximate surface area is 223 Å². The third-order valence-electron chi connectivity index (χ3n) is 7.87. The van der Waals surface area contributed by atoms with Crippen molar-refractivity contribution in [3.63, 3.8) is 0 Å². The highest BCUT2D eigenvalue weighted by Crippen LogP contribution is 2.45. The van der Waals surface area contributed by atoms with E-state index in [4.69, 9.17) is 18.9 Å². The van der Waals surface area contributed by atoms with E-state index in [1.165, 1.54) is 26.7 Å². The van der Waals surface area contributed by atoms with E-state index in [0.717, 1.165) is 44.3 Å². The van der Waals surface area contributed by atoms with Gasteiger partial charge in [-0.15, -0.1) is 0 Å². The summed E-state index contributed by atoms with van der Waals surface area (Å²) in [4.78, 5) is 30.7. The zero-order valence-corrected chi connectivity index (χ0v) is 22.1. The normalized spacial score (nSPS) is 19.7. The number of carbonyl (C=O) groups excluding carboxylic acids is 2. The van der Waals surface area contributed by atoms with E-state index in [-0.39, 0.29) is 36.7 Å². The fraction of sp³-hybridized carbons (Fsp3) is 0.517. The van der Waals surface area contributed by atoms with Crippen molar-refractivity contribution in [1.29, 1.82) is 0 Å². The molecular weight excluding hydrogens is 488 g/mol. The summed E-state index contributed by atoms with van der Waals surface area (Å²) in [5.41, 5.74) is 1.29. The number of hydrogen-bond acceptors (Lipinski definition) is 7. The number of methoxy groups -OCH3 is 2. The van der Waals surface area contributed by atoms with Gasteiger partial charge in [0, 0.05) is 56.2 Å². The van der Waals surface area contributed by atoms with Crippen LogP contribution in [0, 0.1) is 5.92 Å². The predicted molar refractivity (Wildman–Crippen MR) is 140 cm³/mol. The Morgan fingerprint density at radius 1 is 0.974 bits per heavy atom. The van der Waals surface area contributed by atoms with Gasteiger partial charge in [0.05, 0.1) is 20.1 Å². The molecule has 0 aliphatic carbocycles. The first-order chi connectivity index (χ1) is 18.5. The van der Waals surface area contributed by atoms with Crippen LogP contribution in [0.3, 0.4) is 0 Å². The molecule has 0 aromatic heterocycles. The number of nitrogens with zero attached hydrogens (tertiary/aromatic N) is 2. The Bertz CT molecular complexity index is 1180. The highest BCUT2D eigenvalue weighted by Gasteiger charge is 2.34. The van der Waals surface area contributed by atoms with Crippen LogP contribution >= 0.6 is 0 Å². The number of amides is 2. The SMILES string of the molecule is COc1cc(O)c(C(CC(=O)N2CCCC(C(=O)N3CCCCC3)C2)c2ccc3c(c2)OCO3)c(OC)c1. The summed E-state index contributed by atoms with van der Waals surface area (Å²) < 4.78 is 22.0. The van der Waals surface area contributed by atoms with Gasteiger partial charge in [-0.05, 0) is 49.8 Å². The minimum absolute atomic E-state index is 0.0199. The van der Waals surface area contributed by atoms with Crippen LogP contribution in [0.5, 0.6) is 28.7 Å². The number of rotatable bonds is 7. The van der Waals surface area contributed by atoms with Crippen LogP contribution in [0.1, 0.15) is 55.6 Å². The molecule has 2 saturated heterocycles. The Hall–Kier alpha value is -3.62. The quantitative estimate of drug-likeness (QED) is 0.587. The lowest BCUT2D eigenvalue weighted by molar-refractivity contribution is -0.141. The first-order valence-electron chi connectivity index (χ1n) is 13.4. The molecule has 0 saturated carbocycles. The fourth-order valence-electron chi connectivity index (χ4n) is 5.82. The third kappa shape index (κ3) is 5.33. The number of piperidine rings is 2. The molecule has 5 rings (SSSR count). The van der Waals surface area contributed by atoms with Crippen LogP contribution in [0.25, 0.3) is 0 Å². The van der Waals surface area contributed by atoms with Crippen LogP contribution in [-0.4, -0.2) is 73.9 Å². The molecule has 3 aliphatic rings. The van der Waals surface area contributed by atoms with E-state index in [1.807, 2.05) is 28.0 Å². The summed E-state index contributed by atoms with van der Waals surface area (Å²) in [6, 6.07) is 8.77. The second-order valence-corrected chi connectivity index (χ2v) is 10.2. The number of aromatic hydroxyl groups is 1. The lowest BCUT2D eigenvalue weighted by Crippen LogP contribution is -2.48. The van der Waals surface area contributed by atoms with E-state index < -0.39 is 5.92 Å². The Morgan fingerprint density at radius 3 is 2.50 bits per heavy atom. The largest absolute Gasteiger partial charge is 0.507 e. The molecule has 204 valence electrons. The highest BCUT2D eigenvalue weighted by atomic mass is 16.7. The predicted octanol–water partition coefficient (Wildman–Crippen LogP) is 3.91. The molecule has 2 atom stereocenters. The average molecular weight is 525 g/mol. The van der Waals surface area contributed by atoms with Gasteiger partial charge in [0.1, 0.15) is 17.2 Å². The van der Waals surface area contributed by atoms with Gasteiger partial charge in [-0.1, -0.05) is 6.07 Å². The lowest BCUT2D eigenvalue weighted by Gasteiger charge is -2.37. The van der Waals surface area contributed by atoms with Crippen LogP contribution in [0.2, 0.25) is 0 Å². The van der Waals surface area contributed by atoms with Gasteiger partial charge in [0.15, 0.2) is 11.5 Å². The van der Waals surface area contributed by atoms with Gasteiger partial charge < -0.3 is 33.9 Å². The van der Waals surface area contributed by atoms with E-state index in [0.29, 0.717) is 41.7 Å². The molecule has 0 spiro atoms. The Kier molecular flexibility index (Phi) is 7.81. The summed E-state index contributed by atoms with van der Waals surface area (Å²) in [5, 5.41) is 11.1. The molecule has 2 aromatic carbocycles. The zero-order valence-electron chi connectivity index (χ0n) is 22.1. The third-order valence-corrected chi connectivity index (χ3v) is 7.87. The number of ether oxygens (including phenoxy) is 4. The van der Waals surface area contributed by atoms with Crippen LogP contribution in [0.4, 0.5) is 0 Å². The maximum Gasteiger partial charge on any atom is 0.231 e. The molecule has 1 N–H and O–H groups in total. The van der Waals surface area contributed by atoms with Crippen molar-refractivity contribution in [1.82, 2.24) is 9.80 Å². The minimum atomic E-state index is -0.518. The monoisotopic (exact) mass is 524 g/mol. The molecule has 2 amide bonds. The second kappa shape index (κ2) is 11.4. The molecule has 3 heterocycles. The maximum absolute atomic E-state index is 13.8. The van der Waals surface area contributed by atoms with Crippen LogP contribution in [0.15, 0.2) is 30.3 Å². The molecule has 2 unspecified atom stereocenters. The molecule has 2 fully saturated rings. The molecule has 0 bridgehead atoms. The summed E-state index contributed by atoms with van der Waals surface area (Å²) in [5.74, 6) is 1.51. The Balaban J connectivity index is 1.42. The summed E-state index contributed by atoms with van der Waals surface area (Å²) in [7, 11) is 3.04. The van der Waals surface area contributed by atoms with Gasteiger partial charge in [0.2, 0.25) is 18.6 Å². The topological polar surface area (TPSA) is 97.8 Å². The fourth-order valence-corrected chi connectivity index (χ4v) is 5.82. The lowest BCUT2D eigenvalue weighted by atomic mass is 9.86. The molecule has 3 aliphatic heterocycles. The van der Waals surface area contributed by atoms with Crippen molar-refractivity contribution in [3.05, 3.63) is 41.5 Å². The number of hydrogen-bond donors (Lipinski definition) is 1. The van der Waals surface area contributed by atoms with Crippen molar-refractivity contribution >= 4 is 11.8 Å². The maximum atomic E-state index is 13.8. The van der Waals surface area contributed by atoms with Crippen LogP contribution < -0.4 is 18.9 Å². The van der Waals surface area contributed by atoms with E-state index in [9.17, 15) is 14.7 Å². The second-order valence-electron chi connectivity index (χ2n) is 10.2. The van der Waals surface area contributed by atoms with Gasteiger partial charge in [-0.25, -0.2) is 0 Å². The van der Waals surface area contributed by atoms with E-state index in [2.05, 4.69) is 0 Å². The van der Waals surface area contributed by atoms with Crippen molar-refractivity contribution in [2.45, 2.75) is 44.4 Å². The Morgan fingerprint density at radius 2 is 1.74 bits per heavy atom. The van der Waals surface area contributed by atoms with Crippen molar-refractivity contribution in [2.24, 2.45) is 5.92 Å². The minimum Gasteiger partial charge on any atom is -0.507 e. The van der Waals surface area contributed by atoms with Crippen LogP contribution in [-0.2, 0) is 9.59 Å². The van der Waals surface area contributed by atoms with E-state index >= 15 is 0 Å². The molecule has 9 heteroatoms. The number of benzene rings is 2. The number of fused-ring (bicyclic) bond motifs is 1. The standard InChI is InChI=1S/C29H36N2O7/c1-35-21-14-23(32)28(26(15-21)36-2)22(19-8-9-24-25(13-19)38-18-37-24)16-27(33)31-12-6-7-20(17-31)29(34)30-10-4-3-5-11-30/h8-9,13-15,20,22,32H,3-7,10-12,16-18H2,1-2H3. The number of likely N-dealkylation sites (tertiary alicyclic amines) is 2. The number of phenols is 1. The molecule has 2 aromatic rings. The summed E-state index contributed by atoms with van der Waals surface area (Å²) >= 11 is 0. The van der Waals surface area contributed by atoms with E-state index in [1.54, 1.807) is 6.07 Å². The van der Waals surface area contributed by atoms with Gasteiger partial charge in [-0.3, -0.25) is 9.59 Å². The summed E-state index contributed by atoms with van der Waals surface area (Å²) in [6.07, 6.45) is 4.96. The number of phenolic OH excluding ortho intramolecular Hbond substituents is 1. The van der Waals surface area contributed by atoms with Gasteiger partial charge in [-0.2, -0.15) is 0 Å². The van der Waals surface area contributed by atoms with Crippen molar-refractivity contribution < 1.29 is 33.6 Å². The smallest absolute Gasteiger partial charge is 0.231 e. The highest BCUT2D eigenvalue weighted by molar-refractivity contribution is 5.82. The zero-order chi connectivity index (χ0) is 26.6. The average Bonchev–Trinajstić information content (AvgIpc) is 3.44. The first kappa shape index (κ1) is 26.0. The molecule has 0 radical (unpaired) electrons. The molecule has 38 heavy (non-hydrogen) atoms. The molecule has 9 nitrogen and oxygen atoms in total. The van der Waals surface area contributed by atoms with Crippen molar-refractivity contribution in [3.8, 4) is 28.7 Å². The number of carbonyl (C=O) groups is 2. The van der Waals surface area contributed by atoms with Gasteiger partial charge in [0.25, 0.3) is 0 Å².